The monoisotopic (exact) mass is 395 g/mol. The van der Waals surface area contributed by atoms with Crippen LogP contribution >= 0.6 is 11.8 Å². The highest BCUT2D eigenvalue weighted by atomic mass is 32.2. The number of benzene rings is 2. The van der Waals surface area contributed by atoms with Gasteiger partial charge in [-0.3, -0.25) is 0 Å². The molecule has 28 heavy (non-hydrogen) atoms. The Balaban J connectivity index is 1.47. The van der Waals surface area contributed by atoms with Gasteiger partial charge >= 0.3 is 0 Å². The maximum absolute atomic E-state index is 13.7. The van der Waals surface area contributed by atoms with Crippen LogP contribution in [0.1, 0.15) is 17.0 Å². The zero-order valence-electron chi connectivity index (χ0n) is 15.7. The normalized spacial score (nSPS) is 11.1. The van der Waals surface area contributed by atoms with Gasteiger partial charge in [0.2, 0.25) is 11.7 Å². The number of halogens is 1. The fourth-order valence-electron chi connectivity index (χ4n) is 2.68. The molecule has 2 aromatic heterocycles. The summed E-state index contributed by atoms with van der Waals surface area (Å²) >= 11 is 1.45. The Morgan fingerprint density at radius 1 is 1.04 bits per heavy atom. The average molecular weight is 395 g/mol. The number of rotatable bonds is 5. The van der Waals surface area contributed by atoms with E-state index in [1.807, 2.05) is 42.8 Å². The van der Waals surface area contributed by atoms with Crippen molar-refractivity contribution in [2.24, 2.45) is 7.05 Å². The third-order valence-electron chi connectivity index (χ3n) is 4.37. The zero-order valence-corrected chi connectivity index (χ0v) is 16.5. The van der Waals surface area contributed by atoms with Crippen molar-refractivity contribution >= 4 is 11.8 Å². The molecular weight excluding hydrogens is 377 g/mol. The van der Waals surface area contributed by atoms with Crippen LogP contribution in [0.5, 0.6) is 0 Å². The van der Waals surface area contributed by atoms with Crippen LogP contribution in [0.3, 0.4) is 0 Å². The quantitative estimate of drug-likeness (QED) is 0.461. The Morgan fingerprint density at radius 2 is 1.79 bits per heavy atom. The van der Waals surface area contributed by atoms with Gasteiger partial charge in [-0.05, 0) is 25.5 Å². The molecule has 4 rings (SSSR count). The molecule has 0 amide bonds. The predicted octanol–water partition coefficient (Wildman–Crippen LogP) is 4.58. The lowest BCUT2D eigenvalue weighted by molar-refractivity contribution is 0.391. The summed E-state index contributed by atoms with van der Waals surface area (Å²) in [5, 5.41) is 13.2. The molecule has 0 unspecified atom stereocenters. The van der Waals surface area contributed by atoms with Crippen molar-refractivity contribution in [2.75, 3.05) is 0 Å². The minimum absolute atomic E-state index is 0.291. The van der Waals surface area contributed by atoms with Gasteiger partial charge in [-0.1, -0.05) is 58.9 Å². The molecule has 0 aliphatic rings. The lowest BCUT2D eigenvalue weighted by atomic mass is 10.1. The van der Waals surface area contributed by atoms with E-state index in [1.165, 1.54) is 23.4 Å². The summed E-state index contributed by atoms with van der Waals surface area (Å²) < 4.78 is 21.0. The standard InChI is InChI=1S/C20H18FN5OS/c1-12-4-7-14(8-5-12)19-23-24-20(26(19)3)28-11-17-22-18(25-27-17)15-9-6-13(2)16(21)10-15/h4-10H,11H2,1-3H3. The highest BCUT2D eigenvalue weighted by molar-refractivity contribution is 7.98. The molecule has 8 heteroatoms. The number of hydrogen-bond acceptors (Lipinski definition) is 6. The minimum atomic E-state index is -0.291. The van der Waals surface area contributed by atoms with E-state index in [4.69, 9.17) is 4.52 Å². The Hall–Kier alpha value is -3.00. The number of hydrogen-bond donors (Lipinski definition) is 0. The lowest BCUT2D eigenvalue weighted by Gasteiger charge is -2.03. The van der Waals surface area contributed by atoms with Crippen molar-refractivity contribution in [1.82, 2.24) is 24.9 Å². The summed E-state index contributed by atoms with van der Waals surface area (Å²) in [5.74, 6) is 1.76. The minimum Gasteiger partial charge on any atom is -0.338 e. The number of thioether (sulfide) groups is 1. The number of aryl methyl sites for hydroxylation is 2. The molecule has 2 aromatic carbocycles. The Morgan fingerprint density at radius 3 is 2.54 bits per heavy atom. The van der Waals surface area contributed by atoms with Gasteiger partial charge in [0.05, 0.1) is 5.75 Å². The first kappa shape index (κ1) is 18.4. The number of nitrogens with zero attached hydrogens (tertiary/aromatic N) is 5. The van der Waals surface area contributed by atoms with Gasteiger partial charge in [-0.25, -0.2) is 4.39 Å². The van der Waals surface area contributed by atoms with Gasteiger partial charge in [-0.2, -0.15) is 4.98 Å². The molecule has 0 saturated heterocycles. The molecule has 0 aliphatic heterocycles. The van der Waals surface area contributed by atoms with Crippen LogP contribution in [0.4, 0.5) is 4.39 Å². The van der Waals surface area contributed by atoms with E-state index in [1.54, 1.807) is 19.1 Å². The maximum Gasteiger partial charge on any atom is 0.237 e. The van der Waals surface area contributed by atoms with E-state index in [0.29, 0.717) is 28.6 Å². The molecule has 0 aliphatic carbocycles. The SMILES string of the molecule is Cc1ccc(-c2nnc(SCc3nc(-c4ccc(C)c(F)c4)no3)n2C)cc1. The fraction of sp³-hybridized carbons (Fsp3) is 0.200. The van der Waals surface area contributed by atoms with Crippen molar-refractivity contribution in [3.63, 3.8) is 0 Å². The van der Waals surface area contributed by atoms with Gasteiger partial charge in [0.15, 0.2) is 11.0 Å². The highest BCUT2D eigenvalue weighted by Crippen LogP contribution is 2.26. The fourth-order valence-corrected chi connectivity index (χ4v) is 3.43. The first-order valence-corrected chi connectivity index (χ1v) is 9.68. The molecule has 2 heterocycles. The highest BCUT2D eigenvalue weighted by Gasteiger charge is 2.14. The Labute approximate surface area is 165 Å². The molecule has 142 valence electrons. The van der Waals surface area contributed by atoms with Crippen molar-refractivity contribution in [3.8, 4) is 22.8 Å². The van der Waals surface area contributed by atoms with Crippen molar-refractivity contribution in [3.05, 3.63) is 65.3 Å². The first-order chi connectivity index (χ1) is 13.5. The molecule has 0 fully saturated rings. The predicted molar refractivity (Wildman–Crippen MR) is 105 cm³/mol. The van der Waals surface area contributed by atoms with E-state index in [-0.39, 0.29) is 5.82 Å². The summed E-state index contributed by atoms with van der Waals surface area (Å²) in [6.45, 7) is 3.76. The summed E-state index contributed by atoms with van der Waals surface area (Å²) in [6.07, 6.45) is 0. The van der Waals surface area contributed by atoms with Crippen LogP contribution in [0, 0.1) is 19.7 Å². The maximum atomic E-state index is 13.7. The average Bonchev–Trinajstić information content (AvgIpc) is 3.30. The van der Waals surface area contributed by atoms with Gasteiger partial charge in [0, 0.05) is 18.2 Å². The third-order valence-corrected chi connectivity index (χ3v) is 5.37. The van der Waals surface area contributed by atoms with E-state index in [2.05, 4.69) is 20.3 Å². The van der Waals surface area contributed by atoms with Crippen LogP contribution in [0.2, 0.25) is 0 Å². The van der Waals surface area contributed by atoms with Crippen molar-refractivity contribution in [1.29, 1.82) is 0 Å². The molecule has 0 saturated carbocycles. The lowest BCUT2D eigenvalue weighted by Crippen LogP contribution is -1.95. The van der Waals surface area contributed by atoms with Gasteiger partial charge in [0.1, 0.15) is 5.82 Å². The Kier molecular flexibility index (Phi) is 4.95. The van der Waals surface area contributed by atoms with E-state index in [9.17, 15) is 4.39 Å². The topological polar surface area (TPSA) is 69.6 Å². The molecule has 0 spiro atoms. The molecule has 6 nitrogen and oxygen atoms in total. The molecule has 0 bridgehead atoms. The molecule has 0 N–H and O–H groups in total. The zero-order chi connectivity index (χ0) is 19.7. The molecular formula is C20H18FN5OS. The van der Waals surface area contributed by atoms with Crippen LogP contribution in [0.15, 0.2) is 52.1 Å². The smallest absolute Gasteiger partial charge is 0.237 e. The summed E-state index contributed by atoms with van der Waals surface area (Å²) in [7, 11) is 1.92. The van der Waals surface area contributed by atoms with Gasteiger partial charge in [0.25, 0.3) is 0 Å². The van der Waals surface area contributed by atoms with Crippen LogP contribution < -0.4 is 0 Å². The van der Waals surface area contributed by atoms with Gasteiger partial charge in [-0.15, -0.1) is 10.2 Å². The second-order valence-corrected chi connectivity index (χ2v) is 7.44. The summed E-state index contributed by atoms with van der Waals surface area (Å²) in [6, 6.07) is 13.0. The number of aromatic nitrogens is 5. The van der Waals surface area contributed by atoms with Crippen LogP contribution in [-0.2, 0) is 12.8 Å². The van der Waals surface area contributed by atoms with Crippen LogP contribution in [0.25, 0.3) is 22.8 Å². The van der Waals surface area contributed by atoms with Gasteiger partial charge < -0.3 is 9.09 Å². The molecule has 0 atom stereocenters. The third kappa shape index (κ3) is 3.68. The van der Waals surface area contributed by atoms with Crippen LogP contribution in [-0.4, -0.2) is 24.9 Å². The second-order valence-electron chi connectivity index (χ2n) is 6.50. The second kappa shape index (κ2) is 7.55. The largest absolute Gasteiger partial charge is 0.338 e. The summed E-state index contributed by atoms with van der Waals surface area (Å²) in [4.78, 5) is 4.35. The molecule has 4 aromatic rings. The summed E-state index contributed by atoms with van der Waals surface area (Å²) in [5.41, 5.74) is 3.37. The van der Waals surface area contributed by atoms with E-state index >= 15 is 0 Å². The molecule has 0 radical (unpaired) electrons. The first-order valence-electron chi connectivity index (χ1n) is 8.69. The Bertz CT molecular complexity index is 1120. The van der Waals surface area contributed by atoms with Crippen molar-refractivity contribution < 1.29 is 8.91 Å². The van der Waals surface area contributed by atoms with E-state index < -0.39 is 0 Å². The van der Waals surface area contributed by atoms with Crippen molar-refractivity contribution in [2.45, 2.75) is 24.8 Å². The van der Waals surface area contributed by atoms with E-state index in [0.717, 1.165) is 16.5 Å².